The van der Waals surface area contributed by atoms with Crippen LogP contribution in [0.2, 0.25) is 10.0 Å². The highest BCUT2D eigenvalue weighted by Crippen LogP contribution is 2.32. The maximum Gasteiger partial charge on any atom is 0.304 e. The normalized spacial score (nSPS) is 11.0. The van der Waals surface area contributed by atoms with E-state index in [0.717, 1.165) is 38.8 Å². The summed E-state index contributed by atoms with van der Waals surface area (Å²) in [5.41, 5.74) is -0.236. The quantitative estimate of drug-likeness (QED) is 0.404. The average Bonchev–Trinajstić information content (AvgIpc) is 2.73. The second-order valence-corrected chi connectivity index (χ2v) is 7.41. The zero-order valence-corrected chi connectivity index (χ0v) is 20.1. The molecule has 33 heavy (non-hydrogen) atoms. The molecule has 0 saturated carbocycles. The van der Waals surface area contributed by atoms with E-state index in [-0.39, 0.29) is 0 Å². The van der Waals surface area contributed by atoms with Gasteiger partial charge in [-0.15, -0.1) is 0 Å². The lowest BCUT2D eigenvalue weighted by atomic mass is 9.88. The molecule has 0 amide bonds. The molecule has 2 aromatic carbocycles. The van der Waals surface area contributed by atoms with Crippen LogP contribution in [0.3, 0.4) is 0 Å². The summed E-state index contributed by atoms with van der Waals surface area (Å²) < 4.78 is 4.57. The number of carboxylic acids is 1. The Morgan fingerprint density at radius 1 is 0.909 bits per heavy atom. The summed E-state index contributed by atoms with van der Waals surface area (Å²) in [6, 6.07) is 15.6. The highest BCUT2D eigenvalue weighted by molar-refractivity contribution is 6.43. The smallest absolute Gasteiger partial charge is 0.304 e. The number of hydrogen-bond donors (Lipinski definition) is 3. The minimum atomic E-state index is -2.29. The van der Waals surface area contributed by atoms with Crippen molar-refractivity contribution in [2.75, 3.05) is 6.61 Å². The molecule has 0 radical (unpaired) electrons. The van der Waals surface area contributed by atoms with E-state index in [9.17, 15) is 19.5 Å². The summed E-state index contributed by atoms with van der Waals surface area (Å²) in [6.45, 7) is 3.24. The molecule has 180 valence electrons. The monoisotopic (exact) mass is 500 g/mol. The van der Waals surface area contributed by atoms with Crippen molar-refractivity contribution in [2.24, 2.45) is 0 Å². The van der Waals surface area contributed by atoms with Crippen LogP contribution >= 0.6 is 23.2 Å². The summed E-state index contributed by atoms with van der Waals surface area (Å²) in [5, 5.41) is 26.7. The lowest BCUT2D eigenvalue weighted by Gasteiger charge is -2.31. The number of benzene rings is 2. The zero-order chi connectivity index (χ0) is 25.8. The van der Waals surface area contributed by atoms with E-state index >= 15 is 0 Å². The second-order valence-electron chi connectivity index (χ2n) is 6.63. The van der Waals surface area contributed by atoms with Crippen LogP contribution in [0.15, 0.2) is 48.5 Å². The Labute approximate surface area is 201 Å². The highest BCUT2D eigenvalue weighted by Gasteiger charge is 2.50. The van der Waals surface area contributed by atoms with Gasteiger partial charge in [0.1, 0.15) is 6.10 Å². The predicted molar refractivity (Wildman–Crippen MR) is 124 cm³/mol. The fourth-order valence-electron chi connectivity index (χ4n) is 2.63. The van der Waals surface area contributed by atoms with Gasteiger partial charge in [0.05, 0.1) is 16.7 Å². The van der Waals surface area contributed by atoms with Crippen molar-refractivity contribution in [2.45, 2.75) is 39.4 Å². The van der Waals surface area contributed by atoms with Gasteiger partial charge in [0.2, 0.25) is 0 Å². The molecule has 0 bridgehead atoms. The van der Waals surface area contributed by atoms with Crippen molar-refractivity contribution in [1.82, 2.24) is 0 Å². The number of halogens is 2. The summed E-state index contributed by atoms with van der Waals surface area (Å²) in [5.74, 6) is -3.37. The Morgan fingerprint density at radius 3 is 1.79 bits per heavy atom. The molecule has 0 aliphatic carbocycles. The third-order valence-electron chi connectivity index (χ3n) is 4.03. The molecule has 3 N–H and O–H groups in total. The van der Waals surface area contributed by atoms with Crippen LogP contribution in [0.4, 0.5) is 0 Å². The number of carbonyl (C=O) groups is 4. The molecule has 0 spiro atoms. The highest BCUT2D eigenvalue weighted by atomic mass is 35.5. The van der Waals surface area contributed by atoms with Crippen molar-refractivity contribution < 1.29 is 39.2 Å². The zero-order valence-electron chi connectivity index (χ0n) is 18.5. The fourth-order valence-corrected chi connectivity index (χ4v) is 3.04. The third-order valence-corrected chi connectivity index (χ3v) is 4.85. The summed E-state index contributed by atoms with van der Waals surface area (Å²) in [4.78, 5) is 42.3. The molecular formula is C23H26Cl2O8. The van der Waals surface area contributed by atoms with Crippen LogP contribution in [0.1, 0.15) is 27.7 Å². The molecule has 1 atom stereocenters. The molecule has 2 rings (SSSR count). The van der Waals surface area contributed by atoms with Gasteiger partial charge in [-0.3, -0.25) is 19.2 Å². The van der Waals surface area contributed by atoms with Crippen molar-refractivity contribution in [1.29, 1.82) is 0 Å². The number of esters is 1. The molecule has 8 nitrogen and oxygen atoms in total. The number of Topliss-reactive ketones (excluding diaryl/α,β-unsaturated/α-hetero) is 2. The number of aliphatic carboxylic acids is 1. The molecule has 0 saturated heterocycles. The van der Waals surface area contributed by atoms with Gasteiger partial charge in [-0.05, 0) is 25.5 Å². The maximum atomic E-state index is 11.3. The first-order valence-electron chi connectivity index (χ1n) is 9.50. The number of rotatable bonds is 6. The first-order valence-corrected chi connectivity index (χ1v) is 10.3. The van der Waals surface area contributed by atoms with Crippen molar-refractivity contribution >= 4 is 46.7 Å². The Balaban J connectivity index is 0.000000535. The van der Waals surface area contributed by atoms with Crippen molar-refractivity contribution in [3.05, 3.63) is 58.6 Å². The van der Waals surface area contributed by atoms with E-state index in [4.69, 9.17) is 38.2 Å². The van der Waals surface area contributed by atoms with E-state index in [2.05, 4.69) is 4.74 Å². The van der Waals surface area contributed by atoms with Crippen LogP contribution in [0, 0.1) is 0 Å². The molecule has 1 unspecified atom stereocenters. The minimum absolute atomic E-state index is 0.591. The Bertz CT molecular complexity index is 942. The van der Waals surface area contributed by atoms with Gasteiger partial charge in [-0.1, -0.05) is 65.7 Å². The first kappa shape index (κ1) is 30.2. The van der Waals surface area contributed by atoms with Gasteiger partial charge >= 0.3 is 5.97 Å². The molecule has 0 aromatic heterocycles. The molecule has 0 aliphatic rings. The Morgan fingerprint density at radius 2 is 1.39 bits per heavy atom. The average molecular weight is 501 g/mol. The maximum absolute atomic E-state index is 11.3. The Kier molecular flexibility index (Phi) is 13.2. The lowest BCUT2D eigenvalue weighted by molar-refractivity contribution is -0.184. The number of carbonyl (C=O) groups excluding carboxylic acids is 3. The van der Waals surface area contributed by atoms with E-state index in [1.54, 1.807) is 6.07 Å². The number of aliphatic hydroxyl groups is 2. The molecular weight excluding hydrogens is 475 g/mol. The molecule has 0 aliphatic heterocycles. The lowest BCUT2D eigenvalue weighted by Crippen LogP contribution is -2.58. The topological polar surface area (TPSA) is 138 Å². The summed E-state index contributed by atoms with van der Waals surface area (Å²) in [7, 11) is 0. The first-order chi connectivity index (χ1) is 15.3. The number of carboxylic acid groups (broad SMARTS) is 1. The standard InChI is InChI=1S/C12H8Cl2.C9H14O6.C2H4O2/c13-11-8-4-7-10(12(11)14)9-5-2-1-3-6-9;1-5(11)9(6(2)12,8(14)4-10)15-7(3)13;1-2(3)4/h1-8H;8,10,14H,4H2,1-3H3;1H3,(H,3,4). The molecule has 2 aromatic rings. The number of ether oxygens (including phenoxy) is 1. The summed E-state index contributed by atoms with van der Waals surface area (Å²) in [6.07, 6.45) is -1.75. The van der Waals surface area contributed by atoms with Crippen LogP contribution in [0.5, 0.6) is 0 Å². The van der Waals surface area contributed by atoms with E-state index < -0.39 is 41.8 Å². The van der Waals surface area contributed by atoms with Crippen LogP contribution in [-0.2, 0) is 23.9 Å². The number of hydrogen-bond acceptors (Lipinski definition) is 7. The Hall–Kier alpha value is -2.78. The molecule has 10 heteroatoms. The van der Waals surface area contributed by atoms with Crippen LogP contribution < -0.4 is 0 Å². The molecule has 0 heterocycles. The SMILES string of the molecule is CC(=O)O.CC(=O)OC(C(C)=O)(C(C)=O)C(O)CO.Clc1cccc(-c2ccccc2)c1Cl. The van der Waals surface area contributed by atoms with Gasteiger partial charge in [0.15, 0.2) is 11.6 Å². The van der Waals surface area contributed by atoms with E-state index in [1.807, 2.05) is 42.5 Å². The predicted octanol–water partition coefficient (Wildman–Crippen LogP) is 3.57. The second kappa shape index (κ2) is 14.4. The third kappa shape index (κ3) is 9.31. The van der Waals surface area contributed by atoms with Gasteiger partial charge < -0.3 is 20.1 Å². The summed E-state index contributed by atoms with van der Waals surface area (Å²) >= 11 is 12.0. The largest absolute Gasteiger partial charge is 0.481 e. The van der Waals surface area contributed by atoms with E-state index in [0.29, 0.717) is 10.0 Å². The van der Waals surface area contributed by atoms with Gasteiger partial charge in [-0.2, -0.15) is 0 Å². The van der Waals surface area contributed by atoms with E-state index in [1.165, 1.54) is 0 Å². The van der Waals surface area contributed by atoms with Gasteiger partial charge in [-0.25, -0.2) is 0 Å². The number of aliphatic hydroxyl groups excluding tert-OH is 2. The van der Waals surface area contributed by atoms with Crippen LogP contribution in [-0.4, -0.2) is 57.1 Å². The van der Waals surface area contributed by atoms with Gasteiger partial charge in [0.25, 0.3) is 11.6 Å². The number of ketones is 2. The fraction of sp³-hybridized carbons (Fsp3) is 0.304. The molecule has 0 fully saturated rings. The van der Waals surface area contributed by atoms with Crippen LogP contribution in [0.25, 0.3) is 11.1 Å². The van der Waals surface area contributed by atoms with Crippen molar-refractivity contribution in [3.8, 4) is 11.1 Å². The minimum Gasteiger partial charge on any atom is -0.481 e. The van der Waals surface area contributed by atoms with Gasteiger partial charge in [0, 0.05) is 19.4 Å². The van der Waals surface area contributed by atoms with Crippen molar-refractivity contribution in [3.63, 3.8) is 0 Å².